The van der Waals surface area contributed by atoms with Gasteiger partial charge in [-0.1, -0.05) is 30.3 Å². The second-order valence-electron chi connectivity index (χ2n) is 5.30. The minimum absolute atomic E-state index is 0.00590. The van der Waals surface area contributed by atoms with E-state index >= 15 is 0 Å². The van der Waals surface area contributed by atoms with Crippen LogP contribution in [-0.2, 0) is 20.9 Å². The molecule has 0 spiro atoms. The Bertz CT molecular complexity index is 474. The predicted octanol–water partition coefficient (Wildman–Crippen LogP) is 2.79. The van der Waals surface area contributed by atoms with Crippen molar-refractivity contribution in [1.82, 2.24) is 5.32 Å². The molecular formula is C16H21NO4. The fourth-order valence-electron chi connectivity index (χ4n) is 2.55. The molecule has 0 heterocycles. The Morgan fingerprint density at radius 3 is 2.71 bits per heavy atom. The molecule has 0 aromatic heterocycles. The van der Waals surface area contributed by atoms with Gasteiger partial charge in [0.25, 0.3) is 0 Å². The predicted molar refractivity (Wildman–Crippen MR) is 77.6 cm³/mol. The Balaban J connectivity index is 1.73. The summed E-state index contributed by atoms with van der Waals surface area (Å²) in [5, 5.41) is 2.84. The summed E-state index contributed by atoms with van der Waals surface area (Å²) in [5.41, 5.74) is 0.953. The van der Waals surface area contributed by atoms with Crippen molar-refractivity contribution in [2.45, 2.75) is 51.4 Å². The van der Waals surface area contributed by atoms with Crippen molar-refractivity contribution in [3.05, 3.63) is 35.9 Å². The molecule has 0 radical (unpaired) electrons. The van der Waals surface area contributed by atoms with Crippen molar-refractivity contribution in [1.29, 1.82) is 0 Å². The van der Waals surface area contributed by atoms with Crippen molar-refractivity contribution >= 4 is 12.1 Å². The lowest BCUT2D eigenvalue weighted by Gasteiger charge is -2.28. The number of hydrogen-bond acceptors (Lipinski definition) is 4. The van der Waals surface area contributed by atoms with Gasteiger partial charge in [0.05, 0.1) is 0 Å². The van der Waals surface area contributed by atoms with Crippen LogP contribution in [0.1, 0.15) is 38.2 Å². The number of esters is 1. The third kappa shape index (κ3) is 5.45. The van der Waals surface area contributed by atoms with Crippen LogP contribution in [0.3, 0.4) is 0 Å². The van der Waals surface area contributed by atoms with Gasteiger partial charge in [0, 0.05) is 19.4 Å². The lowest BCUT2D eigenvalue weighted by Crippen LogP contribution is -2.41. The fourth-order valence-corrected chi connectivity index (χ4v) is 2.55. The van der Waals surface area contributed by atoms with Crippen LogP contribution in [0.4, 0.5) is 4.79 Å². The zero-order chi connectivity index (χ0) is 15.1. The van der Waals surface area contributed by atoms with Gasteiger partial charge in [-0.15, -0.1) is 0 Å². The van der Waals surface area contributed by atoms with E-state index in [0.717, 1.165) is 24.8 Å². The van der Waals surface area contributed by atoms with Crippen LogP contribution in [-0.4, -0.2) is 24.2 Å². The van der Waals surface area contributed by atoms with E-state index in [9.17, 15) is 9.59 Å². The summed E-state index contributed by atoms with van der Waals surface area (Å²) in [5.74, 6) is -0.271. The topological polar surface area (TPSA) is 64.6 Å². The molecule has 0 aliphatic heterocycles. The molecule has 5 heteroatoms. The largest absolute Gasteiger partial charge is 0.462 e. The standard InChI is InChI=1S/C16H21NO4/c1-12(18)21-15-9-5-8-14(10-15)17-16(19)20-11-13-6-3-2-4-7-13/h2-4,6-7,14-15H,5,8-11H2,1H3,(H,17,19)/t14-,15-/m0/s1. The van der Waals surface area contributed by atoms with Crippen LogP contribution in [0.15, 0.2) is 30.3 Å². The molecule has 0 saturated heterocycles. The van der Waals surface area contributed by atoms with Crippen molar-refractivity contribution in [2.24, 2.45) is 0 Å². The maximum absolute atomic E-state index is 11.8. The summed E-state index contributed by atoms with van der Waals surface area (Å²) in [6.45, 7) is 1.66. The van der Waals surface area contributed by atoms with Gasteiger partial charge in [-0.05, 0) is 24.8 Å². The summed E-state index contributed by atoms with van der Waals surface area (Å²) in [7, 11) is 0. The summed E-state index contributed by atoms with van der Waals surface area (Å²) in [6.07, 6.45) is 2.80. The maximum Gasteiger partial charge on any atom is 0.407 e. The maximum atomic E-state index is 11.8. The van der Waals surface area contributed by atoms with Gasteiger partial charge in [0.2, 0.25) is 0 Å². The molecule has 1 amide bonds. The van der Waals surface area contributed by atoms with E-state index in [0.29, 0.717) is 6.42 Å². The number of carbonyl (C=O) groups excluding carboxylic acids is 2. The number of benzene rings is 1. The fraction of sp³-hybridized carbons (Fsp3) is 0.500. The van der Waals surface area contributed by atoms with Gasteiger partial charge in [0.15, 0.2) is 0 Å². The number of hydrogen-bond donors (Lipinski definition) is 1. The lowest BCUT2D eigenvalue weighted by atomic mass is 9.93. The quantitative estimate of drug-likeness (QED) is 0.866. The molecule has 1 aromatic carbocycles. The third-order valence-electron chi connectivity index (χ3n) is 3.49. The smallest absolute Gasteiger partial charge is 0.407 e. The average molecular weight is 291 g/mol. The second-order valence-corrected chi connectivity index (χ2v) is 5.30. The van der Waals surface area contributed by atoms with Gasteiger partial charge in [0.1, 0.15) is 12.7 Å². The number of ether oxygens (including phenoxy) is 2. The molecule has 0 unspecified atom stereocenters. The van der Waals surface area contributed by atoms with E-state index in [4.69, 9.17) is 9.47 Å². The van der Waals surface area contributed by atoms with Crippen molar-refractivity contribution < 1.29 is 19.1 Å². The SMILES string of the molecule is CC(=O)O[C@H]1CCC[C@H](NC(=O)OCc2ccccc2)C1. The molecule has 0 bridgehead atoms. The van der Waals surface area contributed by atoms with Gasteiger partial charge < -0.3 is 14.8 Å². The van der Waals surface area contributed by atoms with Crippen molar-refractivity contribution in [3.8, 4) is 0 Å². The Morgan fingerprint density at radius 1 is 1.24 bits per heavy atom. The lowest BCUT2D eigenvalue weighted by molar-refractivity contribution is -0.148. The normalized spacial score (nSPS) is 21.4. The van der Waals surface area contributed by atoms with Crippen LogP contribution in [0.2, 0.25) is 0 Å². The van der Waals surface area contributed by atoms with E-state index in [-0.39, 0.29) is 24.7 Å². The highest BCUT2D eigenvalue weighted by atomic mass is 16.6. The minimum atomic E-state index is -0.424. The molecule has 1 N–H and O–H groups in total. The number of rotatable bonds is 4. The van der Waals surface area contributed by atoms with Gasteiger partial charge in [-0.2, -0.15) is 0 Å². The van der Waals surface area contributed by atoms with Crippen molar-refractivity contribution in [3.63, 3.8) is 0 Å². The zero-order valence-electron chi connectivity index (χ0n) is 12.2. The molecule has 1 aliphatic rings. The first-order chi connectivity index (χ1) is 10.1. The Morgan fingerprint density at radius 2 is 2.00 bits per heavy atom. The van der Waals surface area contributed by atoms with Crippen LogP contribution in [0.5, 0.6) is 0 Å². The van der Waals surface area contributed by atoms with E-state index in [2.05, 4.69) is 5.32 Å². The highest BCUT2D eigenvalue weighted by Crippen LogP contribution is 2.21. The molecule has 114 valence electrons. The first-order valence-electron chi connectivity index (χ1n) is 7.28. The summed E-state index contributed by atoms with van der Waals surface area (Å²) >= 11 is 0. The molecule has 5 nitrogen and oxygen atoms in total. The highest BCUT2D eigenvalue weighted by molar-refractivity contribution is 5.67. The summed E-state index contributed by atoms with van der Waals surface area (Å²) < 4.78 is 10.4. The monoisotopic (exact) mass is 291 g/mol. The van der Waals surface area contributed by atoms with Crippen LogP contribution in [0, 0.1) is 0 Å². The Labute approximate surface area is 124 Å². The van der Waals surface area contributed by atoms with Crippen molar-refractivity contribution in [2.75, 3.05) is 0 Å². The number of alkyl carbamates (subject to hydrolysis) is 1. The average Bonchev–Trinajstić information content (AvgIpc) is 2.46. The van der Waals surface area contributed by atoms with E-state index in [1.54, 1.807) is 0 Å². The third-order valence-corrected chi connectivity index (χ3v) is 3.49. The molecular weight excluding hydrogens is 270 g/mol. The number of amides is 1. The van der Waals surface area contributed by atoms with Crippen LogP contribution in [0.25, 0.3) is 0 Å². The molecule has 1 fully saturated rings. The van der Waals surface area contributed by atoms with Crippen LogP contribution >= 0.6 is 0 Å². The Kier molecular flexibility index (Phi) is 5.60. The minimum Gasteiger partial charge on any atom is -0.462 e. The highest BCUT2D eigenvalue weighted by Gasteiger charge is 2.25. The van der Waals surface area contributed by atoms with Gasteiger partial charge in [-0.3, -0.25) is 4.79 Å². The first kappa shape index (κ1) is 15.4. The second kappa shape index (κ2) is 7.67. The number of carbonyl (C=O) groups is 2. The molecule has 1 saturated carbocycles. The van der Waals surface area contributed by atoms with E-state index in [1.807, 2.05) is 30.3 Å². The Hall–Kier alpha value is -2.04. The molecule has 2 atom stereocenters. The van der Waals surface area contributed by atoms with Gasteiger partial charge >= 0.3 is 12.1 Å². The number of nitrogens with one attached hydrogen (secondary N) is 1. The summed E-state index contributed by atoms with van der Waals surface area (Å²) in [4.78, 5) is 22.7. The van der Waals surface area contributed by atoms with E-state index < -0.39 is 6.09 Å². The molecule has 2 rings (SSSR count). The summed E-state index contributed by atoms with van der Waals surface area (Å²) in [6, 6.07) is 9.55. The molecule has 21 heavy (non-hydrogen) atoms. The zero-order valence-corrected chi connectivity index (χ0v) is 12.2. The molecule has 1 aromatic rings. The van der Waals surface area contributed by atoms with Crippen LogP contribution < -0.4 is 5.32 Å². The van der Waals surface area contributed by atoms with Gasteiger partial charge in [-0.25, -0.2) is 4.79 Å². The molecule has 1 aliphatic carbocycles. The van der Waals surface area contributed by atoms with E-state index in [1.165, 1.54) is 6.92 Å². The first-order valence-corrected chi connectivity index (χ1v) is 7.28.